The monoisotopic (exact) mass is 252 g/mol. The number of nitro benzene ring substituents is 1. The van der Waals surface area contributed by atoms with Crippen LogP contribution in [0.2, 0.25) is 0 Å². The molecule has 0 atom stereocenters. The Bertz CT molecular complexity index is 548. The highest BCUT2D eigenvalue weighted by atomic mass is 35.5. The van der Waals surface area contributed by atoms with E-state index in [1.165, 1.54) is 0 Å². The van der Waals surface area contributed by atoms with Crippen molar-refractivity contribution in [3.63, 3.8) is 0 Å². The zero-order valence-corrected chi connectivity index (χ0v) is 9.10. The van der Waals surface area contributed by atoms with E-state index in [0.29, 0.717) is 0 Å². The van der Waals surface area contributed by atoms with Gasteiger partial charge < -0.3 is 0 Å². The van der Waals surface area contributed by atoms with Gasteiger partial charge in [-0.25, -0.2) is 0 Å². The first-order valence-corrected chi connectivity index (χ1v) is 4.85. The maximum atomic E-state index is 11.4. The summed E-state index contributed by atoms with van der Waals surface area (Å²) in [6.07, 6.45) is 0.258. The molecule has 0 amide bonds. The summed E-state index contributed by atoms with van der Waals surface area (Å²) in [5, 5.41) is 19.4. The lowest BCUT2D eigenvalue weighted by Gasteiger charge is -2.02. The van der Waals surface area contributed by atoms with E-state index < -0.39 is 22.3 Å². The summed E-state index contributed by atoms with van der Waals surface area (Å²) in [5.41, 5.74) is -1.03. The van der Waals surface area contributed by atoms with Gasteiger partial charge in [-0.2, -0.15) is 5.26 Å². The molecular formula is C10H5ClN2O4. The van der Waals surface area contributed by atoms with E-state index in [4.69, 9.17) is 16.9 Å². The highest BCUT2D eigenvalue weighted by Gasteiger charge is 2.20. The molecule has 0 fully saturated rings. The van der Waals surface area contributed by atoms with Gasteiger partial charge in [-0.15, -0.1) is 11.6 Å². The maximum absolute atomic E-state index is 11.4. The van der Waals surface area contributed by atoms with Gasteiger partial charge in [-0.1, -0.05) is 0 Å². The molecule has 0 spiro atoms. The van der Waals surface area contributed by atoms with Gasteiger partial charge >= 0.3 is 0 Å². The van der Waals surface area contributed by atoms with Gasteiger partial charge in [-0.05, 0) is 6.07 Å². The summed E-state index contributed by atoms with van der Waals surface area (Å²) in [4.78, 5) is 31.9. The smallest absolute Gasteiger partial charge is 0.280 e. The molecule has 17 heavy (non-hydrogen) atoms. The van der Waals surface area contributed by atoms with Crippen molar-refractivity contribution in [3.05, 3.63) is 38.9 Å². The van der Waals surface area contributed by atoms with Crippen LogP contribution in [0.1, 0.15) is 26.3 Å². The number of halogens is 1. The number of nitro groups is 1. The van der Waals surface area contributed by atoms with Crippen LogP contribution in [0.5, 0.6) is 0 Å². The first-order valence-electron chi connectivity index (χ1n) is 4.32. The lowest BCUT2D eigenvalue weighted by molar-refractivity contribution is -0.385. The van der Waals surface area contributed by atoms with Crippen LogP contribution in [0, 0.1) is 21.4 Å². The lowest BCUT2D eigenvalue weighted by Crippen LogP contribution is -2.06. The summed E-state index contributed by atoms with van der Waals surface area (Å²) in [6.45, 7) is 0. The van der Waals surface area contributed by atoms with Crippen molar-refractivity contribution in [1.82, 2.24) is 0 Å². The Labute approximate surface area is 101 Å². The highest BCUT2D eigenvalue weighted by molar-refractivity contribution is 6.30. The fourth-order valence-corrected chi connectivity index (χ4v) is 1.40. The lowest BCUT2D eigenvalue weighted by atomic mass is 10.0. The van der Waals surface area contributed by atoms with Gasteiger partial charge in [0.05, 0.1) is 28.0 Å². The molecule has 0 aromatic heterocycles. The van der Waals surface area contributed by atoms with Gasteiger partial charge in [0.25, 0.3) is 5.69 Å². The number of nitrogens with zero attached hydrogens (tertiary/aromatic N) is 2. The number of nitriles is 1. The average Bonchev–Trinajstić information content (AvgIpc) is 2.35. The molecule has 0 aliphatic carbocycles. The predicted octanol–water partition coefficient (Wildman–Crippen LogP) is 1.70. The summed E-state index contributed by atoms with van der Waals surface area (Å²) in [7, 11) is 0. The molecule has 0 unspecified atom stereocenters. The van der Waals surface area contributed by atoms with Crippen molar-refractivity contribution in [3.8, 4) is 6.07 Å². The van der Waals surface area contributed by atoms with Crippen LogP contribution in [0.15, 0.2) is 12.1 Å². The maximum Gasteiger partial charge on any atom is 0.280 e. The second-order valence-electron chi connectivity index (χ2n) is 3.00. The molecule has 0 bridgehead atoms. The topological polar surface area (TPSA) is 101 Å². The number of rotatable bonds is 4. The standard InChI is InChI=1S/C10H5ClN2O4/c11-3-10(15)8-2-9(13(16)17)7(5-14)1-6(8)4-12/h1-2,5H,3H2. The summed E-state index contributed by atoms with van der Waals surface area (Å²) < 4.78 is 0. The molecule has 0 N–H and O–H groups in total. The van der Waals surface area contributed by atoms with Crippen LogP contribution < -0.4 is 0 Å². The number of ketones is 1. The van der Waals surface area contributed by atoms with E-state index in [0.717, 1.165) is 12.1 Å². The fourth-order valence-electron chi connectivity index (χ4n) is 1.25. The number of carbonyl (C=O) groups excluding carboxylic acids is 2. The molecule has 0 saturated heterocycles. The molecule has 0 saturated carbocycles. The molecule has 1 rings (SSSR count). The van der Waals surface area contributed by atoms with Crippen LogP contribution in [0.25, 0.3) is 0 Å². The number of hydrogen-bond acceptors (Lipinski definition) is 5. The Balaban J connectivity index is 3.56. The zero-order valence-electron chi connectivity index (χ0n) is 8.34. The Morgan fingerprint density at radius 2 is 2.24 bits per heavy atom. The number of Topliss-reactive ketones (excluding diaryl/α,β-unsaturated/α-hetero) is 1. The van der Waals surface area contributed by atoms with Crippen molar-refractivity contribution < 1.29 is 14.5 Å². The molecule has 7 heteroatoms. The van der Waals surface area contributed by atoms with Crippen LogP contribution in [-0.4, -0.2) is 22.9 Å². The Morgan fingerprint density at radius 1 is 1.59 bits per heavy atom. The van der Waals surface area contributed by atoms with Crippen molar-refractivity contribution in [2.24, 2.45) is 0 Å². The quantitative estimate of drug-likeness (QED) is 0.267. The third-order valence-corrected chi connectivity index (χ3v) is 2.28. The molecule has 0 aliphatic heterocycles. The third kappa shape index (κ3) is 2.46. The predicted molar refractivity (Wildman–Crippen MR) is 58.2 cm³/mol. The SMILES string of the molecule is N#Cc1cc(C=O)c([N+](=O)[O-])cc1C(=O)CCl. The van der Waals surface area contributed by atoms with Crippen LogP contribution >= 0.6 is 11.6 Å². The molecule has 0 radical (unpaired) electrons. The van der Waals surface area contributed by atoms with Gasteiger partial charge in [0.1, 0.15) is 0 Å². The molecule has 0 aliphatic rings. The second-order valence-corrected chi connectivity index (χ2v) is 3.27. The van der Waals surface area contributed by atoms with E-state index in [1.807, 2.05) is 0 Å². The highest BCUT2D eigenvalue weighted by Crippen LogP contribution is 2.22. The van der Waals surface area contributed by atoms with Crippen molar-refractivity contribution >= 4 is 29.4 Å². The largest absolute Gasteiger partial charge is 0.298 e. The molecule has 86 valence electrons. The van der Waals surface area contributed by atoms with Crippen molar-refractivity contribution in [2.75, 3.05) is 5.88 Å². The molecule has 6 nitrogen and oxygen atoms in total. The van der Waals surface area contributed by atoms with Gasteiger partial charge in [0.2, 0.25) is 0 Å². The van der Waals surface area contributed by atoms with Gasteiger partial charge in [-0.3, -0.25) is 19.7 Å². The Hall–Kier alpha value is -2.26. The summed E-state index contributed by atoms with van der Waals surface area (Å²) in [6, 6.07) is 3.59. The van der Waals surface area contributed by atoms with E-state index in [1.54, 1.807) is 6.07 Å². The number of carbonyl (C=O) groups is 2. The van der Waals surface area contributed by atoms with Gasteiger partial charge in [0.15, 0.2) is 12.1 Å². The number of benzene rings is 1. The van der Waals surface area contributed by atoms with Crippen LogP contribution in [-0.2, 0) is 0 Å². The van der Waals surface area contributed by atoms with Crippen LogP contribution in [0.3, 0.4) is 0 Å². The van der Waals surface area contributed by atoms with E-state index >= 15 is 0 Å². The Morgan fingerprint density at radius 3 is 2.65 bits per heavy atom. The first-order chi connectivity index (χ1) is 8.04. The molecule has 1 aromatic rings. The van der Waals surface area contributed by atoms with Crippen LogP contribution in [0.4, 0.5) is 5.69 Å². The molecule has 0 heterocycles. The molecular weight excluding hydrogens is 248 g/mol. The van der Waals surface area contributed by atoms with Crippen molar-refractivity contribution in [1.29, 1.82) is 5.26 Å². The number of alkyl halides is 1. The minimum Gasteiger partial charge on any atom is -0.298 e. The number of aldehydes is 1. The zero-order chi connectivity index (χ0) is 13.0. The van der Waals surface area contributed by atoms with E-state index in [2.05, 4.69) is 0 Å². The van der Waals surface area contributed by atoms with Gasteiger partial charge in [0, 0.05) is 11.6 Å². The summed E-state index contributed by atoms with van der Waals surface area (Å²) in [5.74, 6) is -1.00. The van der Waals surface area contributed by atoms with E-state index in [9.17, 15) is 19.7 Å². The number of hydrogen-bond donors (Lipinski definition) is 0. The Kier molecular flexibility index (Phi) is 3.91. The molecule has 1 aromatic carbocycles. The third-order valence-electron chi connectivity index (χ3n) is 2.03. The average molecular weight is 253 g/mol. The fraction of sp³-hybridized carbons (Fsp3) is 0.100. The normalized spacial score (nSPS) is 9.41. The van der Waals surface area contributed by atoms with E-state index in [-0.39, 0.29) is 23.0 Å². The minimum atomic E-state index is -0.796. The first kappa shape index (κ1) is 12.8. The summed E-state index contributed by atoms with van der Waals surface area (Å²) >= 11 is 5.32. The second kappa shape index (κ2) is 5.18. The van der Waals surface area contributed by atoms with Crippen molar-refractivity contribution in [2.45, 2.75) is 0 Å². The minimum absolute atomic E-state index is 0.108.